The molecule has 14 heavy (non-hydrogen) atoms. The summed E-state index contributed by atoms with van der Waals surface area (Å²) in [4.78, 5) is 0. The van der Waals surface area contributed by atoms with Crippen molar-refractivity contribution in [2.75, 3.05) is 7.05 Å². The molecule has 0 radical (unpaired) electrons. The van der Waals surface area contributed by atoms with E-state index in [-0.39, 0.29) is 0 Å². The number of sulfonamides is 1. The molecule has 78 valence electrons. The number of rotatable bonds is 3. The van der Waals surface area contributed by atoms with Crippen LogP contribution in [-0.4, -0.2) is 15.5 Å². The molecule has 1 rings (SSSR count). The van der Waals surface area contributed by atoms with Crippen molar-refractivity contribution in [1.29, 1.82) is 0 Å². The van der Waals surface area contributed by atoms with Crippen LogP contribution in [0.5, 0.6) is 0 Å². The molecule has 0 bridgehead atoms. The minimum Gasteiger partial charge on any atom is -0.218 e. The Morgan fingerprint density at radius 1 is 1.43 bits per heavy atom. The largest absolute Gasteiger partial charge is 0.218 e. The van der Waals surface area contributed by atoms with E-state index in [1.165, 1.54) is 7.05 Å². The van der Waals surface area contributed by atoms with Crippen LogP contribution in [0, 0.1) is 0 Å². The lowest BCUT2D eigenvalue weighted by molar-refractivity contribution is 0.578. The summed E-state index contributed by atoms with van der Waals surface area (Å²) in [5.41, 5.74) is 0.687. The Kier molecular flexibility index (Phi) is 3.53. The molecule has 5 heteroatoms. The van der Waals surface area contributed by atoms with Gasteiger partial charge in [0.2, 0.25) is 10.0 Å². The SMILES string of the molecule is CNS(=O)(=O)C(C)c1cccc(Cl)c1. The van der Waals surface area contributed by atoms with E-state index in [9.17, 15) is 8.42 Å². The van der Waals surface area contributed by atoms with E-state index in [4.69, 9.17) is 11.6 Å². The summed E-state index contributed by atoms with van der Waals surface area (Å²) < 4.78 is 25.2. The maximum absolute atomic E-state index is 11.5. The van der Waals surface area contributed by atoms with Crippen molar-refractivity contribution in [3.63, 3.8) is 0 Å². The first kappa shape index (κ1) is 11.5. The second-order valence-electron chi connectivity index (χ2n) is 2.95. The van der Waals surface area contributed by atoms with E-state index in [2.05, 4.69) is 4.72 Å². The Labute approximate surface area is 89.1 Å². The first-order chi connectivity index (χ1) is 6.47. The quantitative estimate of drug-likeness (QED) is 0.868. The molecule has 0 aliphatic carbocycles. The normalized spacial score (nSPS) is 13.9. The van der Waals surface area contributed by atoms with Crippen LogP contribution < -0.4 is 4.72 Å². The third-order valence-corrected chi connectivity index (χ3v) is 4.08. The number of nitrogens with one attached hydrogen (secondary N) is 1. The maximum atomic E-state index is 11.5. The van der Waals surface area contributed by atoms with Crippen molar-refractivity contribution in [2.24, 2.45) is 0 Å². The second kappa shape index (κ2) is 4.29. The standard InChI is InChI=1S/C9H12ClNO2S/c1-7(14(12,13)11-2)8-4-3-5-9(10)6-8/h3-7,11H,1-2H3. The highest BCUT2D eigenvalue weighted by Gasteiger charge is 2.20. The number of benzene rings is 1. The summed E-state index contributed by atoms with van der Waals surface area (Å²) in [6.45, 7) is 1.62. The van der Waals surface area contributed by atoms with Crippen molar-refractivity contribution in [2.45, 2.75) is 12.2 Å². The van der Waals surface area contributed by atoms with Crippen LogP contribution >= 0.6 is 11.6 Å². The fourth-order valence-corrected chi connectivity index (χ4v) is 2.17. The van der Waals surface area contributed by atoms with Gasteiger partial charge in [0.15, 0.2) is 0 Å². The van der Waals surface area contributed by atoms with Gasteiger partial charge in [-0.15, -0.1) is 0 Å². The first-order valence-corrected chi connectivity index (χ1v) is 6.07. The number of hydrogen-bond donors (Lipinski definition) is 1. The van der Waals surface area contributed by atoms with Crippen LogP contribution in [-0.2, 0) is 10.0 Å². The van der Waals surface area contributed by atoms with Crippen LogP contribution in [0.1, 0.15) is 17.7 Å². The molecule has 1 aromatic rings. The topological polar surface area (TPSA) is 46.2 Å². The van der Waals surface area contributed by atoms with Gasteiger partial charge < -0.3 is 0 Å². The molecule has 0 saturated carbocycles. The summed E-state index contributed by atoms with van der Waals surface area (Å²) in [5.74, 6) is 0. The average molecular weight is 234 g/mol. The van der Waals surface area contributed by atoms with Gasteiger partial charge in [-0.2, -0.15) is 0 Å². The summed E-state index contributed by atoms with van der Waals surface area (Å²) in [6, 6.07) is 6.84. The molecule has 0 spiro atoms. The lowest BCUT2D eigenvalue weighted by atomic mass is 10.2. The molecule has 1 aromatic carbocycles. The zero-order valence-corrected chi connectivity index (χ0v) is 9.56. The van der Waals surface area contributed by atoms with Crippen molar-refractivity contribution < 1.29 is 8.42 Å². The third kappa shape index (κ3) is 2.47. The molecule has 0 fully saturated rings. The van der Waals surface area contributed by atoms with Crippen LogP contribution in [0.3, 0.4) is 0 Å². The smallest absolute Gasteiger partial charge is 0.218 e. The van der Waals surface area contributed by atoms with Gasteiger partial charge in [0, 0.05) is 5.02 Å². The Hall–Kier alpha value is -0.580. The monoisotopic (exact) mass is 233 g/mol. The maximum Gasteiger partial charge on any atom is 0.218 e. The summed E-state index contributed by atoms with van der Waals surface area (Å²) in [5, 5.41) is -0.0492. The van der Waals surface area contributed by atoms with Gasteiger partial charge in [-0.25, -0.2) is 13.1 Å². The number of hydrogen-bond acceptors (Lipinski definition) is 2. The fourth-order valence-electron chi connectivity index (χ4n) is 1.12. The van der Waals surface area contributed by atoms with E-state index in [0.717, 1.165) is 0 Å². The van der Waals surface area contributed by atoms with Gasteiger partial charge in [-0.1, -0.05) is 23.7 Å². The van der Waals surface area contributed by atoms with Crippen molar-refractivity contribution >= 4 is 21.6 Å². The zero-order valence-electron chi connectivity index (χ0n) is 7.99. The lowest BCUT2D eigenvalue weighted by Gasteiger charge is -2.12. The predicted molar refractivity (Wildman–Crippen MR) is 57.8 cm³/mol. The molecule has 1 N–H and O–H groups in total. The molecule has 0 heterocycles. The van der Waals surface area contributed by atoms with Crippen LogP contribution in [0.15, 0.2) is 24.3 Å². The van der Waals surface area contributed by atoms with E-state index in [1.807, 2.05) is 0 Å². The van der Waals surface area contributed by atoms with E-state index < -0.39 is 15.3 Å². The van der Waals surface area contributed by atoms with Crippen LogP contribution in [0.25, 0.3) is 0 Å². The molecule has 0 saturated heterocycles. The van der Waals surface area contributed by atoms with E-state index in [1.54, 1.807) is 31.2 Å². The molecule has 0 aliphatic rings. The second-order valence-corrected chi connectivity index (χ2v) is 5.59. The summed E-state index contributed by atoms with van der Waals surface area (Å²) in [7, 11) is -1.88. The van der Waals surface area contributed by atoms with Crippen molar-refractivity contribution in [3.05, 3.63) is 34.9 Å². The third-order valence-electron chi connectivity index (χ3n) is 2.07. The fraction of sp³-hybridized carbons (Fsp3) is 0.333. The van der Waals surface area contributed by atoms with Gasteiger partial charge in [0.05, 0.1) is 5.25 Å². The Bertz CT molecular complexity index is 417. The van der Waals surface area contributed by atoms with Gasteiger partial charge in [0.25, 0.3) is 0 Å². The lowest BCUT2D eigenvalue weighted by Crippen LogP contribution is -2.23. The van der Waals surface area contributed by atoms with Gasteiger partial charge >= 0.3 is 0 Å². The van der Waals surface area contributed by atoms with Gasteiger partial charge in [0.1, 0.15) is 0 Å². The molecule has 0 aliphatic heterocycles. The zero-order chi connectivity index (χ0) is 10.8. The molecule has 0 aromatic heterocycles. The highest BCUT2D eigenvalue weighted by Crippen LogP contribution is 2.22. The van der Waals surface area contributed by atoms with Crippen LogP contribution in [0.4, 0.5) is 0 Å². The Morgan fingerprint density at radius 3 is 2.57 bits per heavy atom. The molecule has 0 amide bonds. The van der Waals surface area contributed by atoms with Gasteiger partial charge in [-0.3, -0.25) is 0 Å². The van der Waals surface area contributed by atoms with Crippen LogP contribution in [0.2, 0.25) is 5.02 Å². The minimum atomic E-state index is -3.28. The summed E-state index contributed by atoms with van der Waals surface area (Å²) in [6.07, 6.45) is 0. The summed E-state index contributed by atoms with van der Waals surface area (Å²) >= 11 is 5.77. The molecule has 1 atom stereocenters. The van der Waals surface area contributed by atoms with E-state index >= 15 is 0 Å². The highest BCUT2D eigenvalue weighted by atomic mass is 35.5. The molecule has 3 nitrogen and oxygen atoms in total. The van der Waals surface area contributed by atoms with Crippen molar-refractivity contribution in [1.82, 2.24) is 4.72 Å². The Morgan fingerprint density at radius 2 is 2.07 bits per heavy atom. The van der Waals surface area contributed by atoms with E-state index in [0.29, 0.717) is 10.6 Å². The van der Waals surface area contributed by atoms with Crippen molar-refractivity contribution in [3.8, 4) is 0 Å². The van der Waals surface area contributed by atoms with Gasteiger partial charge in [-0.05, 0) is 31.7 Å². The molecular weight excluding hydrogens is 222 g/mol. The highest BCUT2D eigenvalue weighted by molar-refractivity contribution is 7.89. The minimum absolute atomic E-state index is 0.542. The average Bonchev–Trinajstić information content (AvgIpc) is 2.16. The molecule has 1 unspecified atom stereocenters. The number of halogens is 1. The predicted octanol–water partition coefficient (Wildman–Crippen LogP) is 1.95. The molecular formula is C9H12ClNO2S. The first-order valence-electron chi connectivity index (χ1n) is 4.15. The Balaban J connectivity index is 3.07.